The van der Waals surface area contributed by atoms with Crippen molar-refractivity contribution in [1.29, 1.82) is 0 Å². The molecule has 0 amide bonds. The molecular weight excluding hydrogens is 212 g/mol. The van der Waals surface area contributed by atoms with Gasteiger partial charge in [0, 0.05) is 29.2 Å². The van der Waals surface area contributed by atoms with E-state index < -0.39 is 0 Å². The van der Waals surface area contributed by atoms with Gasteiger partial charge >= 0.3 is 0 Å². The summed E-state index contributed by atoms with van der Waals surface area (Å²) in [6.45, 7) is 3.38. The molecule has 1 atom stereocenters. The van der Waals surface area contributed by atoms with Crippen LogP contribution in [0, 0.1) is 0 Å². The van der Waals surface area contributed by atoms with Crippen LogP contribution in [0.4, 0.5) is 0 Å². The van der Waals surface area contributed by atoms with Gasteiger partial charge in [-0.25, -0.2) is 0 Å². The van der Waals surface area contributed by atoms with Crippen LogP contribution in [0.1, 0.15) is 24.2 Å². The Bertz CT molecular complexity index is 559. The minimum atomic E-state index is 0.470. The predicted molar refractivity (Wildman–Crippen MR) is 69.6 cm³/mol. The van der Waals surface area contributed by atoms with Crippen LogP contribution in [0.2, 0.25) is 0 Å². The Morgan fingerprint density at radius 1 is 1.41 bits per heavy atom. The Morgan fingerprint density at radius 3 is 3.00 bits per heavy atom. The van der Waals surface area contributed by atoms with Crippen molar-refractivity contribution in [3.63, 3.8) is 0 Å². The van der Waals surface area contributed by atoms with E-state index in [0.717, 1.165) is 18.7 Å². The molecule has 0 radical (unpaired) electrons. The van der Waals surface area contributed by atoms with Gasteiger partial charge in [-0.1, -0.05) is 0 Å². The number of aromatic amines is 1. The minimum absolute atomic E-state index is 0.470. The number of methoxy groups -OCH3 is 1. The fraction of sp³-hybridized carbons (Fsp3) is 0.429. The molecule has 1 aromatic carbocycles. The molecule has 3 rings (SSSR count). The van der Waals surface area contributed by atoms with Crippen LogP contribution in [0.15, 0.2) is 18.2 Å². The van der Waals surface area contributed by atoms with Crippen molar-refractivity contribution in [1.82, 2.24) is 9.88 Å². The van der Waals surface area contributed by atoms with Gasteiger partial charge in [0.15, 0.2) is 0 Å². The molecule has 3 heteroatoms. The average Bonchev–Trinajstić information content (AvgIpc) is 2.72. The van der Waals surface area contributed by atoms with E-state index in [4.69, 9.17) is 4.74 Å². The van der Waals surface area contributed by atoms with E-state index in [1.165, 1.54) is 22.2 Å². The summed E-state index contributed by atoms with van der Waals surface area (Å²) in [6.07, 6.45) is 1.11. The molecule has 0 fully saturated rings. The topological polar surface area (TPSA) is 28.3 Å². The van der Waals surface area contributed by atoms with E-state index in [0.29, 0.717) is 6.04 Å². The zero-order valence-corrected chi connectivity index (χ0v) is 10.6. The molecule has 0 saturated heterocycles. The Hall–Kier alpha value is -1.48. The van der Waals surface area contributed by atoms with Crippen molar-refractivity contribution in [2.45, 2.75) is 19.4 Å². The molecule has 1 aliphatic rings. The number of nitrogens with zero attached hydrogens (tertiary/aromatic N) is 1. The molecule has 0 bridgehead atoms. The largest absolute Gasteiger partial charge is 0.497 e. The van der Waals surface area contributed by atoms with Crippen LogP contribution >= 0.6 is 0 Å². The quantitative estimate of drug-likeness (QED) is 0.816. The molecule has 0 saturated carbocycles. The van der Waals surface area contributed by atoms with Gasteiger partial charge in [-0.05, 0) is 44.2 Å². The Kier molecular flexibility index (Phi) is 2.37. The number of nitrogens with one attached hydrogen (secondary N) is 1. The van der Waals surface area contributed by atoms with E-state index in [1.54, 1.807) is 7.11 Å². The third kappa shape index (κ3) is 1.53. The Morgan fingerprint density at radius 2 is 2.24 bits per heavy atom. The third-order valence-corrected chi connectivity index (χ3v) is 3.94. The van der Waals surface area contributed by atoms with Crippen molar-refractivity contribution in [3.05, 3.63) is 29.5 Å². The third-order valence-electron chi connectivity index (χ3n) is 3.94. The van der Waals surface area contributed by atoms with Crippen LogP contribution in [0.3, 0.4) is 0 Å². The monoisotopic (exact) mass is 230 g/mol. The lowest BCUT2D eigenvalue weighted by atomic mass is 9.99. The average molecular weight is 230 g/mol. The molecule has 17 heavy (non-hydrogen) atoms. The van der Waals surface area contributed by atoms with Crippen molar-refractivity contribution in [2.75, 3.05) is 20.7 Å². The maximum absolute atomic E-state index is 5.31. The highest BCUT2D eigenvalue weighted by molar-refractivity contribution is 5.86. The van der Waals surface area contributed by atoms with Gasteiger partial charge in [0.05, 0.1) is 7.11 Å². The fourth-order valence-electron chi connectivity index (χ4n) is 2.70. The van der Waals surface area contributed by atoms with Crippen LogP contribution in [0.25, 0.3) is 10.9 Å². The molecule has 0 aliphatic carbocycles. The number of aromatic nitrogens is 1. The summed E-state index contributed by atoms with van der Waals surface area (Å²) in [5.41, 5.74) is 4.05. The van der Waals surface area contributed by atoms with Crippen LogP contribution in [0.5, 0.6) is 5.75 Å². The van der Waals surface area contributed by atoms with Gasteiger partial charge in [-0.3, -0.25) is 4.90 Å². The van der Waals surface area contributed by atoms with E-state index >= 15 is 0 Å². The first-order valence-corrected chi connectivity index (χ1v) is 6.09. The number of fused-ring (bicyclic) bond motifs is 3. The lowest BCUT2D eigenvalue weighted by Crippen LogP contribution is -2.30. The lowest BCUT2D eigenvalue weighted by molar-refractivity contribution is 0.244. The molecule has 0 spiro atoms. The molecule has 1 aliphatic heterocycles. The zero-order valence-electron chi connectivity index (χ0n) is 10.6. The van der Waals surface area contributed by atoms with Gasteiger partial charge in [0.25, 0.3) is 0 Å². The fourth-order valence-corrected chi connectivity index (χ4v) is 2.70. The molecule has 2 heterocycles. The van der Waals surface area contributed by atoms with E-state index in [1.807, 2.05) is 6.07 Å². The van der Waals surface area contributed by atoms with E-state index in [-0.39, 0.29) is 0 Å². The minimum Gasteiger partial charge on any atom is -0.497 e. The highest BCUT2D eigenvalue weighted by Gasteiger charge is 2.24. The predicted octanol–water partition coefficient (Wildman–Crippen LogP) is 2.73. The number of likely N-dealkylation sites (N-methyl/N-ethyl adjacent to an activating group) is 1. The highest BCUT2D eigenvalue weighted by Crippen LogP contribution is 2.34. The van der Waals surface area contributed by atoms with Crippen LogP contribution in [-0.2, 0) is 6.42 Å². The maximum atomic E-state index is 5.31. The van der Waals surface area contributed by atoms with E-state index in [9.17, 15) is 0 Å². The summed E-state index contributed by atoms with van der Waals surface area (Å²) in [7, 11) is 3.90. The molecule has 90 valence electrons. The summed E-state index contributed by atoms with van der Waals surface area (Å²) >= 11 is 0. The summed E-state index contributed by atoms with van der Waals surface area (Å²) in [5, 5.41) is 1.32. The molecular formula is C14H18N2O. The number of rotatable bonds is 1. The van der Waals surface area contributed by atoms with Gasteiger partial charge in [-0.15, -0.1) is 0 Å². The Labute approximate surface area is 101 Å². The molecule has 2 aromatic rings. The second-order valence-electron chi connectivity index (χ2n) is 4.84. The molecule has 3 nitrogen and oxygen atoms in total. The zero-order chi connectivity index (χ0) is 12.0. The standard InChI is InChI=1S/C14H18N2O/c1-9-14-11(6-7-16(9)2)12-8-10(17-3)4-5-13(12)15-14/h4-5,8-9,15H,6-7H2,1-3H3/t9-/m0/s1. The first-order chi connectivity index (χ1) is 8.20. The van der Waals surface area contributed by atoms with Crippen molar-refractivity contribution < 1.29 is 4.74 Å². The second-order valence-corrected chi connectivity index (χ2v) is 4.84. The molecule has 1 aromatic heterocycles. The number of hydrogen-bond acceptors (Lipinski definition) is 2. The highest BCUT2D eigenvalue weighted by atomic mass is 16.5. The maximum Gasteiger partial charge on any atom is 0.119 e. The van der Waals surface area contributed by atoms with Gasteiger partial charge in [-0.2, -0.15) is 0 Å². The summed E-state index contributed by atoms with van der Waals surface area (Å²) < 4.78 is 5.31. The number of H-pyrrole nitrogens is 1. The number of hydrogen-bond donors (Lipinski definition) is 1. The van der Waals surface area contributed by atoms with E-state index in [2.05, 4.69) is 36.0 Å². The van der Waals surface area contributed by atoms with Crippen LogP contribution in [-0.4, -0.2) is 30.6 Å². The van der Waals surface area contributed by atoms with Crippen molar-refractivity contribution in [2.24, 2.45) is 0 Å². The summed E-state index contributed by atoms with van der Waals surface area (Å²) in [6, 6.07) is 6.73. The van der Waals surface area contributed by atoms with Crippen molar-refractivity contribution in [3.8, 4) is 5.75 Å². The molecule has 1 N–H and O–H groups in total. The first kappa shape index (κ1) is 10.7. The van der Waals surface area contributed by atoms with Gasteiger partial charge in [0.1, 0.15) is 5.75 Å². The Balaban J connectivity index is 2.21. The summed E-state index contributed by atoms with van der Waals surface area (Å²) in [4.78, 5) is 5.93. The van der Waals surface area contributed by atoms with Crippen molar-refractivity contribution >= 4 is 10.9 Å². The SMILES string of the molecule is COc1ccc2[nH]c3c(c2c1)CCN(C)[C@H]3C. The summed E-state index contributed by atoms with van der Waals surface area (Å²) in [5.74, 6) is 0.936. The van der Waals surface area contributed by atoms with Gasteiger partial charge in [0.2, 0.25) is 0 Å². The first-order valence-electron chi connectivity index (χ1n) is 6.09. The number of benzene rings is 1. The molecule has 0 unspecified atom stereocenters. The lowest BCUT2D eigenvalue weighted by Gasteiger charge is -2.29. The van der Waals surface area contributed by atoms with Crippen LogP contribution < -0.4 is 4.74 Å². The number of ether oxygens (including phenoxy) is 1. The smallest absolute Gasteiger partial charge is 0.119 e. The normalized spacial score (nSPS) is 20.5. The second kappa shape index (κ2) is 3.77. The van der Waals surface area contributed by atoms with Gasteiger partial charge < -0.3 is 9.72 Å².